The van der Waals surface area contributed by atoms with Gasteiger partial charge in [-0.1, -0.05) is 26.0 Å². The first-order valence-electron chi connectivity index (χ1n) is 9.64. The molecule has 0 aliphatic carbocycles. The standard InChI is InChI=1S/C22H28FN3O/c1-16(2)21-15-26(22(27)19-8-5-17(3)24-13-19)12-4-11-25(21)14-18-6-9-20(23)10-7-18/h5-10,13,16,21H,4,11-12,14-15H2,1-3H3. The number of carbonyl (C=O) groups is 1. The third-order valence-corrected chi connectivity index (χ3v) is 5.26. The van der Waals surface area contributed by atoms with E-state index < -0.39 is 0 Å². The summed E-state index contributed by atoms with van der Waals surface area (Å²) in [7, 11) is 0. The summed E-state index contributed by atoms with van der Waals surface area (Å²) < 4.78 is 13.2. The zero-order chi connectivity index (χ0) is 19.4. The van der Waals surface area contributed by atoms with Crippen LogP contribution in [-0.2, 0) is 6.54 Å². The van der Waals surface area contributed by atoms with Crippen molar-refractivity contribution in [2.75, 3.05) is 19.6 Å². The first-order chi connectivity index (χ1) is 12.9. The van der Waals surface area contributed by atoms with E-state index in [1.54, 1.807) is 6.20 Å². The minimum atomic E-state index is -0.210. The van der Waals surface area contributed by atoms with Crippen molar-refractivity contribution >= 4 is 5.91 Å². The van der Waals surface area contributed by atoms with Crippen LogP contribution in [0.25, 0.3) is 0 Å². The molecule has 2 aromatic rings. The van der Waals surface area contributed by atoms with Crippen molar-refractivity contribution in [1.82, 2.24) is 14.8 Å². The molecule has 1 aliphatic heterocycles. The zero-order valence-corrected chi connectivity index (χ0v) is 16.4. The number of hydrogen-bond acceptors (Lipinski definition) is 3. The average Bonchev–Trinajstić information content (AvgIpc) is 2.86. The molecule has 2 heterocycles. The number of halogens is 1. The van der Waals surface area contributed by atoms with Gasteiger partial charge in [0.05, 0.1) is 5.56 Å². The molecule has 1 fully saturated rings. The Morgan fingerprint density at radius 3 is 2.56 bits per heavy atom. The quantitative estimate of drug-likeness (QED) is 0.820. The van der Waals surface area contributed by atoms with E-state index in [-0.39, 0.29) is 17.8 Å². The monoisotopic (exact) mass is 369 g/mol. The minimum Gasteiger partial charge on any atom is -0.337 e. The zero-order valence-electron chi connectivity index (χ0n) is 16.4. The van der Waals surface area contributed by atoms with Crippen molar-refractivity contribution in [2.45, 2.75) is 39.8 Å². The lowest BCUT2D eigenvalue weighted by Crippen LogP contribution is -2.45. The van der Waals surface area contributed by atoms with Crippen molar-refractivity contribution in [1.29, 1.82) is 0 Å². The van der Waals surface area contributed by atoms with E-state index in [9.17, 15) is 9.18 Å². The molecule has 1 aromatic heterocycles. The summed E-state index contributed by atoms with van der Waals surface area (Å²) >= 11 is 0. The van der Waals surface area contributed by atoms with Crippen LogP contribution < -0.4 is 0 Å². The molecule has 1 aromatic carbocycles. The van der Waals surface area contributed by atoms with Gasteiger partial charge < -0.3 is 4.90 Å². The lowest BCUT2D eigenvalue weighted by Gasteiger charge is -2.34. The SMILES string of the molecule is Cc1ccc(C(=O)N2CCCN(Cc3ccc(F)cc3)C(C(C)C)C2)cn1. The molecule has 1 saturated heterocycles. The van der Waals surface area contributed by atoms with Crippen molar-refractivity contribution in [3.05, 3.63) is 65.2 Å². The van der Waals surface area contributed by atoms with Crippen LogP contribution in [0.15, 0.2) is 42.6 Å². The third-order valence-electron chi connectivity index (χ3n) is 5.26. The second-order valence-electron chi connectivity index (χ2n) is 7.70. The molecular formula is C22H28FN3O. The van der Waals surface area contributed by atoms with Gasteiger partial charge in [0, 0.05) is 44.1 Å². The Kier molecular flexibility index (Phi) is 6.22. The highest BCUT2D eigenvalue weighted by Crippen LogP contribution is 2.21. The van der Waals surface area contributed by atoms with E-state index in [0.717, 1.165) is 37.3 Å². The molecule has 4 nitrogen and oxygen atoms in total. The first kappa shape index (κ1) is 19.5. The van der Waals surface area contributed by atoms with Gasteiger partial charge in [-0.25, -0.2) is 4.39 Å². The van der Waals surface area contributed by atoms with Crippen LogP contribution >= 0.6 is 0 Å². The van der Waals surface area contributed by atoms with E-state index in [1.165, 1.54) is 12.1 Å². The number of aromatic nitrogens is 1. The number of benzene rings is 1. The molecule has 1 amide bonds. The molecule has 0 N–H and O–H groups in total. The number of aryl methyl sites for hydroxylation is 1. The van der Waals surface area contributed by atoms with Crippen LogP contribution in [0.4, 0.5) is 4.39 Å². The number of hydrogen-bond donors (Lipinski definition) is 0. The van der Waals surface area contributed by atoms with Crippen LogP contribution in [0, 0.1) is 18.7 Å². The van der Waals surface area contributed by atoms with Gasteiger partial charge in [0.1, 0.15) is 5.82 Å². The largest absolute Gasteiger partial charge is 0.337 e. The molecule has 1 unspecified atom stereocenters. The van der Waals surface area contributed by atoms with Crippen molar-refractivity contribution in [3.8, 4) is 0 Å². The minimum absolute atomic E-state index is 0.0526. The maximum Gasteiger partial charge on any atom is 0.255 e. The lowest BCUT2D eigenvalue weighted by atomic mass is 10.0. The van der Waals surface area contributed by atoms with Gasteiger partial charge in [-0.05, 0) is 49.1 Å². The van der Waals surface area contributed by atoms with Crippen LogP contribution in [0.3, 0.4) is 0 Å². The molecule has 144 valence electrons. The molecule has 0 spiro atoms. The van der Waals surface area contributed by atoms with Gasteiger partial charge in [-0.2, -0.15) is 0 Å². The Bertz CT molecular complexity index is 758. The molecule has 3 rings (SSSR count). The maximum atomic E-state index is 13.2. The van der Waals surface area contributed by atoms with Crippen LogP contribution in [0.2, 0.25) is 0 Å². The number of rotatable bonds is 4. The van der Waals surface area contributed by atoms with Crippen LogP contribution in [0.1, 0.15) is 41.9 Å². The van der Waals surface area contributed by atoms with Crippen molar-refractivity contribution in [2.24, 2.45) is 5.92 Å². The fourth-order valence-corrected chi connectivity index (χ4v) is 3.68. The summed E-state index contributed by atoms with van der Waals surface area (Å²) in [4.78, 5) is 21.6. The molecule has 0 radical (unpaired) electrons. The summed E-state index contributed by atoms with van der Waals surface area (Å²) in [5.74, 6) is 0.255. The highest BCUT2D eigenvalue weighted by Gasteiger charge is 2.30. The Hall–Kier alpha value is -2.27. The Balaban J connectivity index is 1.75. The Morgan fingerprint density at radius 2 is 1.93 bits per heavy atom. The molecule has 1 atom stereocenters. The van der Waals surface area contributed by atoms with E-state index in [4.69, 9.17) is 0 Å². The fraction of sp³-hybridized carbons (Fsp3) is 0.455. The van der Waals surface area contributed by atoms with Gasteiger partial charge >= 0.3 is 0 Å². The molecule has 0 bridgehead atoms. The van der Waals surface area contributed by atoms with Gasteiger partial charge in [0.25, 0.3) is 5.91 Å². The van der Waals surface area contributed by atoms with E-state index >= 15 is 0 Å². The number of amides is 1. The summed E-state index contributed by atoms with van der Waals surface area (Å²) in [5, 5.41) is 0. The Labute approximate surface area is 161 Å². The van der Waals surface area contributed by atoms with E-state index in [2.05, 4.69) is 23.7 Å². The lowest BCUT2D eigenvalue weighted by molar-refractivity contribution is 0.0702. The van der Waals surface area contributed by atoms with Crippen molar-refractivity contribution in [3.63, 3.8) is 0 Å². The van der Waals surface area contributed by atoms with Crippen molar-refractivity contribution < 1.29 is 9.18 Å². The third kappa shape index (κ3) is 4.92. The highest BCUT2D eigenvalue weighted by molar-refractivity contribution is 5.94. The van der Waals surface area contributed by atoms with Gasteiger partial charge in [-0.15, -0.1) is 0 Å². The maximum absolute atomic E-state index is 13.2. The smallest absolute Gasteiger partial charge is 0.255 e. The number of nitrogens with zero attached hydrogens (tertiary/aromatic N) is 3. The Morgan fingerprint density at radius 1 is 1.19 bits per heavy atom. The molecule has 27 heavy (non-hydrogen) atoms. The summed E-state index contributed by atoms with van der Waals surface area (Å²) in [5.41, 5.74) is 2.66. The van der Waals surface area contributed by atoms with Gasteiger partial charge in [-0.3, -0.25) is 14.7 Å². The molecule has 1 aliphatic rings. The fourth-order valence-electron chi connectivity index (χ4n) is 3.68. The van der Waals surface area contributed by atoms with E-state index in [1.807, 2.05) is 36.1 Å². The predicted molar refractivity (Wildman–Crippen MR) is 105 cm³/mol. The van der Waals surface area contributed by atoms with Gasteiger partial charge in [0.2, 0.25) is 0 Å². The summed E-state index contributed by atoms with van der Waals surface area (Å²) in [6, 6.07) is 10.7. The van der Waals surface area contributed by atoms with Crippen LogP contribution in [0.5, 0.6) is 0 Å². The predicted octanol–water partition coefficient (Wildman–Crippen LogP) is 3.90. The average molecular weight is 369 g/mol. The van der Waals surface area contributed by atoms with Crippen LogP contribution in [-0.4, -0.2) is 46.4 Å². The highest BCUT2D eigenvalue weighted by atomic mass is 19.1. The first-order valence-corrected chi connectivity index (χ1v) is 9.64. The normalized spacial score (nSPS) is 18.6. The summed E-state index contributed by atoms with van der Waals surface area (Å²) in [6.07, 6.45) is 2.60. The second-order valence-corrected chi connectivity index (χ2v) is 7.70. The second kappa shape index (κ2) is 8.61. The van der Waals surface area contributed by atoms with Gasteiger partial charge in [0.15, 0.2) is 0 Å². The van der Waals surface area contributed by atoms with E-state index in [0.29, 0.717) is 18.0 Å². The molecule has 0 saturated carbocycles. The molecule has 5 heteroatoms. The topological polar surface area (TPSA) is 36.4 Å². The number of pyridine rings is 1. The molecular weight excluding hydrogens is 341 g/mol. The summed E-state index contributed by atoms with van der Waals surface area (Å²) in [6.45, 7) is 9.46. The number of carbonyl (C=O) groups excluding carboxylic acids is 1.